The summed E-state index contributed by atoms with van der Waals surface area (Å²) in [6.07, 6.45) is 0. The van der Waals surface area contributed by atoms with E-state index in [0.717, 1.165) is 22.5 Å². The Bertz CT molecular complexity index is 593. The summed E-state index contributed by atoms with van der Waals surface area (Å²) in [7, 11) is 0. The third kappa shape index (κ3) is 2.65. The largest absolute Gasteiger partial charge is 0.389 e. The number of benzene rings is 1. The lowest BCUT2D eigenvalue weighted by Crippen LogP contribution is -2.13. The Morgan fingerprint density at radius 1 is 1.17 bits per heavy atom. The molecule has 18 heavy (non-hydrogen) atoms. The van der Waals surface area contributed by atoms with Gasteiger partial charge in [0.25, 0.3) is 0 Å². The highest BCUT2D eigenvalue weighted by molar-refractivity contribution is 7.80. The number of hydrogen-bond acceptors (Lipinski definition) is 3. The molecule has 92 valence electrons. The zero-order valence-electron chi connectivity index (χ0n) is 10.4. The highest BCUT2D eigenvalue weighted by Crippen LogP contribution is 2.22. The summed E-state index contributed by atoms with van der Waals surface area (Å²) in [6, 6.07) is 11.8. The van der Waals surface area contributed by atoms with Crippen LogP contribution in [0.15, 0.2) is 36.4 Å². The van der Waals surface area contributed by atoms with Crippen LogP contribution in [0.1, 0.15) is 16.8 Å². The number of para-hydroxylation sites is 1. The van der Waals surface area contributed by atoms with Gasteiger partial charge in [0.15, 0.2) is 0 Å². The number of rotatable bonds is 3. The van der Waals surface area contributed by atoms with Crippen molar-refractivity contribution in [3.05, 3.63) is 53.2 Å². The predicted molar refractivity (Wildman–Crippen MR) is 79.3 cm³/mol. The Morgan fingerprint density at radius 3 is 2.56 bits per heavy atom. The Morgan fingerprint density at radius 2 is 1.89 bits per heavy atom. The fourth-order valence-electron chi connectivity index (χ4n) is 1.69. The van der Waals surface area contributed by atoms with Gasteiger partial charge in [-0.1, -0.05) is 30.4 Å². The van der Waals surface area contributed by atoms with Crippen molar-refractivity contribution in [2.24, 2.45) is 5.73 Å². The van der Waals surface area contributed by atoms with Gasteiger partial charge in [0, 0.05) is 11.4 Å². The number of thiocarbonyl (C=S) groups is 1. The van der Waals surface area contributed by atoms with Crippen molar-refractivity contribution >= 4 is 28.7 Å². The maximum absolute atomic E-state index is 5.71. The molecule has 0 saturated carbocycles. The summed E-state index contributed by atoms with van der Waals surface area (Å²) in [5.41, 5.74) is 9.55. The molecule has 0 unspecified atom stereocenters. The van der Waals surface area contributed by atoms with Crippen molar-refractivity contribution in [1.29, 1.82) is 0 Å². The number of nitrogens with zero attached hydrogens (tertiary/aromatic N) is 1. The second-order valence-electron chi connectivity index (χ2n) is 4.15. The van der Waals surface area contributed by atoms with E-state index in [2.05, 4.69) is 10.3 Å². The second-order valence-corrected chi connectivity index (χ2v) is 4.59. The lowest BCUT2D eigenvalue weighted by Gasteiger charge is -2.12. The van der Waals surface area contributed by atoms with Crippen LogP contribution in [0.2, 0.25) is 0 Å². The van der Waals surface area contributed by atoms with Gasteiger partial charge in [-0.2, -0.15) is 0 Å². The topological polar surface area (TPSA) is 50.9 Å². The van der Waals surface area contributed by atoms with Crippen molar-refractivity contribution in [3.8, 4) is 0 Å². The van der Waals surface area contributed by atoms with E-state index in [1.54, 1.807) is 0 Å². The Balaban J connectivity index is 2.42. The van der Waals surface area contributed by atoms with Crippen LogP contribution in [0.25, 0.3) is 0 Å². The summed E-state index contributed by atoms with van der Waals surface area (Å²) < 4.78 is 0. The number of aryl methyl sites for hydroxylation is 2. The zero-order valence-corrected chi connectivity index (χ0v) is 11.2. The molecule has 4 heteroatoms. The molecule has 0 bridgehead atoms. The minimum atomic E-state index is 0.346. The molecule has 0 saturated heterocycles. The Hall–Kier alpha value is -1.94. The number of pyridine rings is 1. The Kier molecular flexibility index (Phi) is 3.58. The first-order chi connectivity index (χ1) is 8.58. The van der Waals surface area contributed by atoms with Gasteiger partial charge in [-0.25, -0.2) is 4.98 Å². The molecule has 0 spiro atoms. The van der Waals surface area contributed by atoms with Gasteiger partial charge in [-0.3, -0.25) is 0 Å². The molecule has 1 aromatic heterocycles. The van der Waals surface area contributed by atoms with Crippen molar-refractivity contribution in [2.75, 3.05) is 5.32 Å². The molecular weight excluding hydrogens is 242 g/mol. The summed E-state index contributed by atoms with van der Waals surface area (Å²) >= 11 is 5.04. The van der Waals surface area contributed by atoms with Crippen LogP contribution in [0.5, 0.6) is 0 Å². The van der Waals surface area contributed by atoms with E-state index in [0.29, 0.717) is 10.8 Å². The van der Waals surface area contributed by atoms with Gasteiger partial charge in [0.1, 0.15) is 10.8 Å². The molecule has 0 aliphatic rings. The van der Waals surface area contributed by atoms with Gasteiger partial charge in [0.2, 0.25) is 0 Å². The predicted octanol–water partition coefficient (Wildman–Crippen LogP) is 3.08. The van der Waals surface area contributed by atoms with Gasteiger partial charge in [0.05, 0.1) is 5.56 Å². The van der Waals surface area contributed by atoms with Gasteiger partial charge < -0.3 is 11.1 Å². The number of nitrogens with one attached hydrogen (secondary N) is 1. The first kappa shape index (κ1) is 12.5. The van der Waals surface area contributed by atoms with Crippen LogP contribution in [0, 0.1) is 13.8 Å². The lowest BCUT2D eigenvalue weighted by atomic mass is 10.2. The standard InChI is InChI=1S/C14H15N3S/c1-9-5-3-4-6-12(9)17-14-11(13(15)18)8-7-10(2)16-14/h3-8H,1-2H3,(H2,15,18)(H,16,17). The molecule has 1 aromatic carbocycles. The van der Waals surface area contributed by atoms with Crippen LogP contribution >= 0.6 is 12.2 Å². The van der Waals surface area contributed by atoms with Crippen LogP contribution in [0.4, 0.5) is 11.5 Å². The van der Waals surface area contributed by atoms with Crippen molar-refractivity contribution in [2.45, 2.75) is 13.8 Å². The molecule has 1 heterocycles. The fourth-order valence-corrected chi connectivity index (χ4v) is 1.86. The molecule has 2 rings (SSSR count). The average Bonchev–Trinajstić information content (AvgIpc) is 2.32. The Labute approximate surface area is 112 Å². The highest BCUT2D eigenvalue weighted by Gasteiger charge is 2.08. The van der Waals surface area contributed by atoms with Crippen molar-refractivity contribution < 1.29 is 0 Å². The zero-order chi connectivity index (χ0) is 13.1. The van der Waals surface area contributed by atoms with Crippen LogP contribution < -0.4 is 11.1 Å². The molecule has 3 nitrogen and oxygen atoms in total. The van der Waals surface area contributed by atoms with E-state index < -0.39 is 0 Å². The number of hydrogen-bond donors (Lipinski definition) is 2. The number of nitrogens with two attached hydrogens (primary N) is 1. The minimum Gasteiger partial charge on any atom is -0.389 e. The summed E-state index contributed by atoms with van der Waals surface area (Å²) in [5.74, 6) is 0.705. The fraction of sp³-hybridized carbons (Fsp3) is 0.143. The molecule has 3 N–H and O–H groups in total. The third-order valence-electron chi connectivity index (χ3n) is 2.70. The molecule has 0 aliphatic heterocycles. The van der Waals surface area contributed by atoms with Gasteiger partial charge in [-0.05, 0) is 37.6 Å². The second kappa shape index (κ2) is 5.14. The van der Waals surface area contributed by atoms with E-state index in [4.69, 9.17) is 18.0 Å². The monoisotopic (exact) mass is 257 g/mol. The molecule has 0 aliphatic carbocycles. The molecule has 0 radical (unpaired) electrons. The van der Waals surface area contributed by atoms with E-state index in [1.807, 2.05) is 50.2 Å². The number of anilines is 2. The summed E-state index contributed by atoms with van der Waals surface area (Å²) in [5, 5.41) is 3.28. The van der Waals surface area contributed by atoms with E-state index in [-0.39, 0.29) is 0 Å². The average molecular weight is 257 g/mol. The first-order valence-corrected chi connectivity index (χ1v) is 6.09. The van der Waals surface area contributed by atoms with E-state index in [9.17, 15) is 0 Å². The third-order valence-corrected chi connectivity index (χ3v) is 2.92. The normalized spacial score (nSPS) is 10.1. The minimum absolute atomic E-state index is 0.346. The first-order valence-electron chi connectivity index (χ1n) is 5.68. The summed E-state index contributed by atoms with van der Waals surface area (Å²) in [6.45, 7) is 3.98. The van der Waals surface area contributed by atoms with E-state index in [1.165, 1.54) is 0 Å². The SMILES string of the molecule is Cc1ccc(C(N)=S)c(Nc2ccccc2C)n1. The van der Waals surface area contributed by atoms with Crippen LogP contribution in [-0.4, -0.2) is 9.97 Å². The van der Waals surface area contributed by atoms with Gasteiger partial charge in [-0.15, -0.1) is 0 Å². The smallest absolute Gasteiger partial charge is 0.140 e. The molecule has 2 aromatic rings. The highest BCUT2D eigenvalue weighted by atomic mass is 32.1. The maximum atomic E-state index is 5.71. The summed E-state index contributed by atoms with van der Waals surface area (Å²) in [4.78, 5) is 4.80. The van der Waals surface area contributed by atoms with Crippen LogP contribution in [0.3, 0.4) is 0 Å². The lowest BCUT2D eigenvalue weighted by molar-refractivity contribution is 1.19. The maximum Gasteiger partial charge on any atom is 0.140 e. The van der Waals surface area contributed by atoms with Crippen LogP contribution in [-0.2, 0) is 0 Å². The van der Waals surface area contributed by atoms with Crippen molar-refractivity contribution in [1.82, 2.24) is 4.98 Å². The molecule has 0 fully saturated rings. The van der Waals surface area contributed by atoms with Crippen molar-refractivity contribution in [3.63, 3.8) is 0 Å². The molecule has 0 amide bonds. The van der Waals surface area contributed by atoms with E-state index >= 15 is 0 Å². The molecular formula is C14H15N3S. The van der Waals surface area contributed by atoms with Gasteiger partial charge >= 0.3 is 0 Å². The number of aromatic nitrogens is 1. The quantitative estimate of drug-likeness (QED) is 0.830. The molecule has 0 atom stereocenters.